The maximum atomic E-state index is 12.0. The molecular formula is C15H13F3N2O2. The molecular weight excluding hydrogens is 297 g/mol. The summed E-state index contributed by atoms with van der Waals surface area (Å²) >= 11 is 0. The molecule has 1 heterocycles. The Morgan fingerprint density at radius 1 is 1.14 bits per heavy atom. The van der Waals surface area contributed by atoms with Gasteiger partial charge < -0.3 is 10.1 Å². The number of carbonyl (C=O) groups is 1. The van der Waals surface area contributed by atoms with Crippen LogP contribution in [-0.4, -0.2) is 17.1 Å². The molecule has 0 aliphatic rings. The lowest BCUT2D eigenvalue weighted by atomic mass is 10.2. The minimum Gasteiger partial charge on any atom is -0.439 e. The van der Waals surface area contributed by atoms with Gasteiger partial charge >= 0.3 is 6.18 Å². The average molecular weight is 310 g/mol. The summed E-state index contributed by atoms with van der Waals surface area (Å²) in [6, 6.07) is 12.2. The number of hydrogen-bond acceptors (Lipinski definition) is 3. The molecule has 22 heavy (non-hydrogen) atoms. The van der Waals surface area contributed by atoms with E-state index in [0.29, 0.717) is 17.2 Å². The van der Waals surface area contributed by atoms with E-state index in [1.54, 1.807) is 24.3 Å². The van der Waals surface area contributed by atoms with Gasteiger partial charge in [0.1, 0.15) is 12.2 Å². The Morgan fingerprint density at radius 3 is 2.45 bits per heavy atom. The molecule has 0 spiro atoms. The number of amides is 1. The molecule has 0 fully saturated rings. The zero-order chi connectivity index (χ0) is 16.0. The molecule has 1 amide bonds. The molecule has 1 aromatic heterocycles. The molecule has 2 aromatic rings. The van der Waals surface area contributed by atoms with Gasteiger partial charge in [-0.2, -0.15) is 13.2 Å². The topological polar surface area (TPSA) is 51.2 Å². The van der Waals surface area contributed by atoms with Crippen molar-refractivity contribution in [1.29, 1.82) is 0 Å². The number of alkyl halides is 3. The van der Waals surface area contributed by atoms with Crippen LogP contribution < -0.4 is 10.1 Å². The molecule has 1 aromatic carbocycles. The van der Waals surface area contributed by atoms with Crippen LogP contribution in [0.4, 0.5) is 13.2 Å². The highest BCUT2D eigenvalue weighted by molar-refractivity contribution is 5.76. The van der Waals surface area contributed by atoms with E-state index in [-0.39, 0.29) is 6.54 Å². The minimum atomic E-state index is -4.50. The monoisotopic (exact) mass is 310 g/mol. The number of nitrogens with zero attached hydrogens (tertiary/aromatic N) is 1. The number of carbonyl (C=O) groups excluding carboxylic acids is 1. The number of pyridine rings is 1. The van der Waals surface area contributed by atoms with Crippen LogP contribution in [0.1, 0.15) is 12.0 Å². The van der Waals surface area contributed by atoms with Crippen LogP contribution in [0.3, 0.4) is 0 Å². The fraction of sp³-hybridized carbons (Fsp3) is 0.200. The molecule has 0 aliphatic heterocycles. The summed E-state index contributed by atoms with van der Waals surface area (Å²) in [5.74, 6) is -0.0880. The van der Waals surface area contributed by atoms with Crippen LogP contribution in [0.15, 0.2) is 48.7 Å². The second kappa shape index (κ2) is 6.93. The first-order chi connectivity index (χ1) is 10.4. The fourth-order valence-corrected chi connectivity index (χ4v) is 1.63. The lowest BCUT2D eigenvalue weighted by Gasteiger charge is -2.08. The average Bonchev–Trinajstić information content (AvgIpc) is 2.46. The highest BCUT2D eigenvalue weighted by atomic mass is 19.4. The number of aromatic nitrogens is 1. The summed E-state index contributed by atoms with van der Waals surface area (Å²) in [5, 5.41) is 2.18. The zero-order valence-corrected chi connectivity index (χ0v) is 11.4. The van der Waals surface area contributed by atoms with E-state index in [9.17, 15) is 18.0 Å². The van der Waals surface area contributed by atoms with Crippen molar-refractivity contribution in [2.24, 2.45) is 0 Å². The molecule has 0 saturated heterocycles. The van der Waals surface area contributed by atoms with E-state index < -0.39 is 18.5 Å². The molecule has 0 bridgehead atoms. The molecule has 0 unspecified atom stereocenters. The van der Waals surface area contributed by atoms with Crippen LogP contribution in [0.2, 0.25) is 0 Å². The van der Waals surface area contributed by atoms with E-state index in [1.807, 2.05) is 18.2 Å². The van der Waals surface area contributed by atoms with Crippen LogP contribution in [0.5, 0.6) is 11.6 Å². The lowest BCUT2D eigenvalue weighted by molar-refractivity contribution is -0.153. The van der Waals surface area contributed by atoms with Crippen LogP contribution in [0, 0.1) is 0 Å². The van der Waals surface area contributed by atoms with Gasteiger partial charge in [-0.15, -0.1) is 0 Å². The number of rotatable bonds is 5. The quantitative estimate of drug-likeness (QED) is 0.920. The van der Waals surface area contributed by atoms with E-state index in [0.717, 1.165) is 0 Å². The standard InChI is InChI=1S/C15H13F3N2O2/c16-15(17,18)8-13(21)19-9-11-6-7-14(20-10-11)22-12-4-2-1-3-5-12/h1-7,10H,8-9H2,(H,19,21). The Balaban J connectivity index is 1.86. The van der Waals surface area contributed by atoms with Gasteiger partial charge in [0, 0.05) is 18.8 Å². The van der Waals surface area contributed by atoms with Gasteiger partial charge in [0.15, 0.2) is 0 Å². The summed E-state index contributed by atoms with van der Waals surface area (Å²) in [7, 11) is 0. The summed E-state index contributed by atoms with van der Waals surface area (Å²) in [4.78, 5) is 15.1. The maximum Gasteiger partial charge on any atom is 0.397 e. The Labute approximate surface area is 124 Å². The van der Waals surface area contributed by atoms with Crippen molar-refractivity contribution in [3.05, 3.63) is 54.2 Å². The third-order valence-corrected chi connectivity index (χ3v) is 2.61. The second-order valence-electron chi connectivity index (χ2n) is 4.49. The van der Waals surface area contributed by atoms with Crippen molar-refractivity contribution in [1.82, 2.24) is 10.3 Å². The summed E-state index contributed by atoms with van der Waals surface area (Å²) in [6.07, 6.45) is -4.56. The zero-order valence-electron chi connectivity index (χ0n) is 11.4. The molecule has 0 aliphatic carbocycles. The van der Waals surface area contributed by atoms with Crippen molar-refractivity contribution in [3.8, 4) is 11.6 Å². The normalized spacial score (nSPS) is 11.0. The van der Waals surface area contributed by atoms with Gasteiger partial charge in [-0.1, -0.05) is 24.3 Å². The lowest BCUT2D eigenvalue weighted by Crippen LogP contribution is -2.28. The first-order valence-electron chi connectivity index (χ1n) is 6.44. The predicted octanol–water partition coefficient (Wildman–Crippen LogP) is 3.44. The van der Waals surface area contributed by atoms with Gasteiger partial charge in [-0.25, -0.2) is 4.98 Å². The first-order valence-corrected chi connectivity index (χ1v) is 6.44. The Morgan fingerprint density at radius 2 is 1.86 bits per heavy atom. The van der Waals surface area contributed by atoms with Crippen molar-refractivity contribution in [2.45, 2.75) is 19.1 Å². The van der Waals surface area contributed by atoms with Gasteiger partial charge in [-0.05, 0) is 17.7 Å². The third-order valence-electron chi connectivity index (χ3n) is 2.61. The molecule has 116 valence electrons. The van der Waals surface area contributed by atoms with Gasteiger partial charge in [0.2, 0.25) is 11.8 Å². The van der Waals surface area contributed by atoms with Crippen LogP contribution >= 0.6 is 0 Å². The fourth-order valence-electron chi connectivity index (χ4n) is 1.63. The Bertz CT molecular complexity index is 613. The highest BCUT2D eigenvalue weighted by Crippen LogP contribution is 2.20. The Kier molecular flexibility index (Phi) is 4.98. The molecule has 0 saturated carbocycles. The molecule has 7 heteroatoms. The molecule has 2 rings (SSSR count). The minimum absolute atomic E-state index is 0.0203. The SMILES string of the molecule is O=C(CC(F)(F)F)NCc1ccc(Oc2ccccc2)nc1. The van der Waals surface area contributed by atoms with Gasteiger partial charge in [0.25, 0.3) is 0 Å². The van der Waals surface area contributed by atoms with Crippen LogP contribution in [0.25, 0.3) is 0 Å². The maximum absolute atomic E-state index is 12.0. The number of halogens is 3. The molecule has 1 N–H and O–H groups in total. The van der Waals surface area contributed by atoms with Gasteiger partial charge in [-0.3, -0.25) is 4.79 Å². The van der Waals surface area contributed by atoms with Crippen molar-refractivity contribution in [3.63, 3.8) is 0 Å². The summed E-state index contributed by atoms with van der Waals surface area (Å²) in [6.45, 7) is -0.0203. The predicted molar refractivity (Wildman–Crippen MR) is 73.3 cm³/mol. The van der Waals surface area contributed by atoms with Crippen molar-refractivity contribution in [2.75, 3.05) is 0 Å². The van der Waals surface area contributed by atoms with Crippen molar-refractivity contribution >= 4 is 5.91 Å². The van der Waals surface area contributed by atoms with E-state index in [4.69, 9.17) is 4.74 Å². The van der Waals surface area contributed by atoms with E-state index in [1.165, 1.54) is 6.20 Å². The number of nitrogens with one attached hydrogen (secondary N) is 1. The van der Waals surface area contributed by atoms with Crippen LogP contribution in [-0.2, 0) is 11.3 Å². The largest absolute Gasteiger partial charge is 0.439 e. The van der Waals surface area contributed by atoms with E-state index in [2.05, 4.69) is 10.3 Å². The second-order valence-corrected chi connectivity index (χ2v) is 4.49. The summed E-state index contributed by atoms with van der Waals surface area (Å²) < 4.78 is 41.5. The summed E-state index contributed by atoms with van der Waals surface area (Å²) in [5.41, 5.74) is 0.580. The third kappa shape index (κ3) is 5.43. The van der Waals surface area contributed by atoms with Gasteiger partial charge in [0.05, 0.1) is 0 Å². The highest BCUT2D eigenvalue weighted by Gasteiger charge is 2.30. The smallest absolute Gasteiger partial charge is 0.397 e. The first kappa shape index (κ1) is 15.8. The number of benzene rings is 1. The number of hydrogen-bond donors (Lipinski definition) is 1. The van der Waals surface area contributed by atoms with Crippen molar-refractivity contribution < 1.29 is 22.7 Å². The molecule has 0 atom stereocenters. The van der Waals surface area contributed by atoms with E-state index >= 15 is 0 Å². The Hall–Kier alpha value is -2.57. The number of para-hydroxylation sites is 1. The molecule has 4 nitrogen and oxygen atoms in total. The molecule has 0 radical (unpaired) electrons. The number of ether oxygens (including phenoxy) is 1.